The van der Waals surface area contributed by atoms with Gasteiger partial charge in [0.25, 0.3) is 5.18 Å². The van der Waals surface area contributed by atoms with E-state index >= 15 is 0 Å². The first-order chi connectivity index (χ1) is 7.86. The number of anilines is 1. The van der Waals surface area contributed by atoms with E-state index in [4.69, 9.17) is 16.3 Å². The first kappa shape index (κ1) is 13.8. The molecule has 0 radical (unpaired) electrons. The maximum Gasteiger partial charge on any atom is 0.305 e. The average molecular weight is 256 g/mol. The molecule has 0 aliphatic heterocycles. The predicted octanol–water partition coefficient (Wildman–Crippen LogP) is 3.30. The second-order valence-electron chi connectivity index (χ2n) is 4.05. The molecule has 3 nitrogen and oxygen atoms in total. The van der Waals surface area contributed by atoms with Crippen molar-refractivity contribution in [1.29, 1.82) is 0 Å². The van der Waals surface area contributed by atoms with Gasteiger partial charge in [-0.25, -0.2) is 0 Å². The Balaban J connectivity index is 3.02. The molecule has 0 fully saturated rings. The highest BCUT2D eigenvalue weighted by Gasteiger charge is 2.31. The fourth-order valence-corrected chi connectivity index (χ4v) is 2.13. The summed E-state index contributed by atoms with van der Waals surface area (Å²) in [6.07, 6.45) is 0. The molecule has 1 aromatic carbocycles. The third-order valence-electron chi connectivity index (χ3n) is 2.44. The zero-order valence-electron chi connectivity index (χ0n) is 10.7. The van der Waals surface area contributed by atoms with E-state index in [0.29, 0.717) is 6.54 Å². The van der Waals surface area contributed by atoms with Gasteiger partial charge in [0.05, 0.1) is 0 Å². The van der Waals surface area contributed by atoms with Gasteiger partial charge in [0.2, 0.25) is 0 Å². The highest BCUT2D eigenvalue weighted by molar-refractivity contribution is 6.24. The lowest BCUT2D eigenvalue weighted by Gasteiger charge is -2.36. The molecule has 1 aromatic rings. The molecule has 1 rings (SSSR count). The Hall–Kier alpha value is -1.22. The van der Waals surface area contributed by atoms with Gasteiger partial charge in [-0.3, -0.25) is 4.79 Å². The molecule has 0 N–H and O–H groups in total. The molecule has 0 aliphatic rings. The van der Waals surface area contributed by atoms with Crippen LogP contribution in [-0.2, 0) is 9.53 Å². The van der Waals surface area contributed by atoms with E-state index in [0.717, 1.165) is 11.3 Å². The van der Waals surface area contributed by atoms with Gasteiger partial charge in [0.1, 0.15) is 0 Å². The third-order valence-corrected chi connectivity index (χ3v) is 2.72. The van der Waals surface area contributed by atoms with E-state index in [-0.39, 0.29) is 0 Å². The number of hydrogen-bond donors (Lipinski definition) is 0. The predicted molar refractivity (Wildman–Crippen MR) is 70.2 cm³/mol. The molecule has 0 bridgehead atoms. The molecule has 0 spiro atoms. The molecule has 1 unspecified atom stereocenters. The van der Waals surface area contributed by atoms with Crippen LogP contribution in [-0.4, -0.2) is 17.7 Å². The van der Waals surface area contributed by atoms with E-state index < -0.39 is 11.2 Å². The molecule has 1 atom stereocenters. The normalized spacial score (nSPS) is 13.9. The Bertz CT molecular complexity index is 404. The second kappa shape index (κ2) is 5.41. The number of nitrogens with zero attached hydrogens (tertiary/aromatic N) is 1. The van der Waals surface area contributed by atoms with Crippen molar-refractivity contribution in [2.24, 2.45) is 0 Å². The van der Waals surface area contributed by atoms with E-state index in [1.807, 2.05) is 43.0 Å². The maximum absolute atomic E-state index is 11.0. The van der Waals surface area contributed by atoms with Crippen molar-refractivity contribution in [3.05, 3.63) is 29.8 Å². The molecular formula is C13H18ClNO2. The van der Waals surface area contributed by atoms with Crippen molar-refractivity contribution < 1.29 is 9.53 Å². The van der Waals surface area contributed by atoms with Crippen LogP contribution < -0.4 is 4.90 Å². The van der Waals surface area contributed by atoms with Crippen LogP contribution in [0.3, 0.4) is 0 Å². The van der Waals surface area contributed by atoms with E-state index in [2.05, 4.69) is 0 Å². The minimum Gasteiger partial charge on any atom is -0.425 e. The van der Waals surface area contributed by atoms with Gasteiger partial charge in [-0.05, 0) is 31.5 Å². The second-order valence-corrected chi connectivity index (χ2v) is 4.75. The monoisotopic (exact) mass is 255 g/mol. The van der Waals surface area contributed by atoms with Crippen molar-refractivity contribution in [3.63, 3.8) is 0 Å². The van der Waals surface area contributed by atoms with Gasteiger partial charge in [0.15, 0.2) is 0 Å². The molecule has 0 saturated carbocycles. The van der Waals surface area contributed by atoms with Gasteiger partial charge in [-0.15, -0.1) is 0 Å². The number of rotatable bonds is 4. The summed E-state index contributed by atoms with van der Waals surface area (Å²) in [5, 5.41) is -1.16. The molecule has 17 heavy (non-hydrogen) atoms. The number of aryl methyl sites for hydroxylation is 1. The van der Waals surface area contributed by atoms with Gasteiger partial charge in [-0.1, -0.05) is 23.7 Å². The van der Waals surface area contributed by atoms with Crippen molar-refractivity contribution in [2.45, 2.75) is 32.9 Å². The van der Waals surface area contributed by atoms with E-state index in [1.54, 1.807) is 6.92 Å². The molecule has 94 valence electrons. The summed E-state index contributed by atoms with van der Waals surface area (Å²) in [5.41, 5.74) is 2.07. The Kier molecular flexibility index (Phi) is 4.40. The Morgan fingerprint density at radius 2 is 2.18 bits per heavy atom. The number of hydrogen-bond acceptors (Lipinski definition) is 3. The lowest BCUT2D eigenvalue weighted by Crippen LogP contribution is -2.45. The van der Waals surface area contributed by atoms with Crippen LogP contribution in [0.5, 0.6) is 0 Å². The summed E-state index contributed by atoms with van der Waals surface area (Å²) in [4.78, 5) is 12.9. The van der Waals surface area contributed by atoms with Crippen LogP contribution in [0.25, 0.3) is 0 Å². The van der Waals surface area contributed by atoms with Crippen LogP contribution >= 0.6 is 11.6 Å². The Morgan fingerprint density at radius 1 is 1.53 bits per heavy atom. The number of halogens is 1. The highest BCUT2D eigenvalue weighted by Crippen LogP contribution is 2.29. The number of benzene rings is 1. The van der Waals surface area contributed by atoms with E-state index in [1.165, 1.54) is 6.92 Å². The van der Waals surface area contributed by atoms with Crippen molar-refractivity contribution in [2.75, 3.05) is 11.4 Å². The van der Waals surface area contributed by atoms with Gasteiger partial charge in [-0.2, -0.15) is 0 Å². The number of ether oxygens (including phenoxy) is 1. The number of carbonyl (C=O) groups is 1. The largest absolute Gasteiger partial charge is 0.425 e. The van der Waals surface area contributed by atoms with Crippen molar-refractivity contribution >= 4 is 23.3 Å². The molecule has 0 heterocycles. The number of carbonyl (C=O) groups excluding carboxylic acids is 1. The molecule has 0 aromatic heterocycles. The molecule has 0 amide bonds. The minimum atomic E-state index is -1.16. The van der Waals surface area contributed by atoms with Crippen LogP contribution in [0, 0.1) is 6.92 Å². The average Bonchev–Trinajstić information content (AvgIpc) is 2.15. The molecular weight excluding hydrogens is 238 g/mol. The Labute approximate surface area is 107 Å². The standard InChI is InChI=1S/C13H18ClNO2/c1-5-15(13(4,14)17-11(3)16)12-8-6-7-10(2)9-12/h6-9H,5H2,1-4H3. The van der Waals surface area contributed by atoms with Gasteiger partial charge < -0.3 is 9.64 Å². The topological polar surface area (TPSA) is 29.5 Å². The molecule has 0 aliphatic carbocycles. The van der Waals surface area contributed by atoms with Crippen LogP contribution in [0.15, 0.2) is 24.3 Å². The summed E-state index contributed by atoms with van der Waals surface area (Å²) < 4.78 is 5.14. The smallest absolute Gasteiger partial charge is 0.305 e. The summed E-state index contributed by atoms with van der Waals surface area (Å²) >= 11 is 6.27. The third kappa shape index (κ3) is 3.63. The Morgan fingerprint density at radius 3 is 2.65 bits per heavy atom. The van der Waals surface area contributed by atoms with E-state index in [9.17, 15) is 4.79 Å². The number of alkyl halides is 1. The number of esters is 1. The van der Waals surface area contributed by atoms with Crippen LogP contribution in [0.2, 0.25) is 0 Å². The zero-order valence-corrected chi connectivity index (χ0v) is 11.4. The van der Waals surface area contributed by atoms with Crippen molar-refractivity contribution in [1.82, 2.24) is 0 Å². The van der Waals surface area contributed by atoms with Gasteiger partial charge >= 0.3 is 5.97 Å². The lowest BCUT2D eigenvalue weighted by molar-refractivity contribution is -0.148. The lowest BCUT2D eigenvalue weighted by atomic mass is 10.2. The highest BCUT2D eigenvalue weighted by atomic mass is 35.5. The fourth-order valence-electron chi connectivity index (χ4n) is 1.81. The minimum absolute atomic E-state index is 0.395. The van der Waals surface area contributed by atoms with Crippen LogP contribution in [0.1, 0.15) is 26.3 Å². The zero-order chi connectivity index (χ0) is 13.1. The maximum atomic E-state index is 11.0. The summed E-state index contributed by atoms with van der Waals surface area (Å²) in [7, 11) is 0. The molecule has 0 saturated heterocycles. The summed E-state index contributed by atoms with van der Waals surface area (Å²) in [6.45, 7) is 7.64. The van der Waals surface area contributed by atoms with Crippen LogP contribution in [0.4, 0.5) is 5.69 Å². The van der Waals surface area contributed by atoms with Gasteiger partial charge in [0, 0.05) is 26.1 Å². The summed E-state index contributed by atoms with van der Waals surface area (Å²) in [5.74, 6) is -0.395. The SMILES string of the molecule is CCN(c1cccc(C)c1)C(C)(Cl)OC(C)=O. The molecule has 4 heteroatoms. The first-order valence-electron chi connectivity index (χ1n) is 5.59. The van der Waals surface area contributed by atoms with Crippen molar-refractivity contribution in [3.8, 4) is 0 Å². The first-order valence-corrected chi connectivity index (χ1v) is 5.97. The quantitative estimate of drug-likeness (QED) is 0.358. The summed E-state index contributed by atoms with van der Waals surface area (Å²) in [6, 6.07) is 7.91. The fraction of sp³-hybridized carbons (Fsp3) is 0.462.